The van der Waals surface area contributed by atoms with Gasteiger partial charge in [0.05, 0.1) is 17.9 Å². The van der Waals surface area contributed by atoms with E-state index in [1.165, 1.54) is 12.6 Å². The maximum atomic E-state index is 12.5. The van der Waals surface area contributed by atoms with E-state index in [4.69, 9.17) is 0 Å². The third-order valence-corrected chi connectivity index (χ3v) is 5.55. The highest BCUT2D eigenvalue weighted by Gasteiger charge is 2.24. The zero-order valence-electron chi connectivity index (χ0n) is 12.9. The van der Waals surface area contributed by atoms with Gasteiger partial charge in [-0.2, -0.15) is 10.2 Å². The first-order valence-corrected chi connectivity index (χ1v) is 9.28. The van der Waals surface area contributed by atoms with E-state index in [1.54, 1.807) is 16.9 Å². The van der Waals surface area contributed by atoms with Crippen molar-refractivity contribution in [2.45, 2.75) is 30.2 Å². The molecule has 0 aliphatic heterocycles. The van der Waals surface area contributed by atoms with Gasteiger partial charge in [-0.05, 0) is 24.8 Å². The van der Waals surface area contributed by atoms with Crippen LogP contribution in [-0.4, -0.2) is 28.4 Å². The summed E-state index contributed by atoms with van der Waals surface area (Å²) in [5.74, 6) is 0.255. The molecule has 1 aliphatic carbocycles. The Kier molecular flexibility index (Phi) is 3.61. The Morgan fingerprint density at radius 1 is 1.21 bits per heavy atom. The van der Waals surface area contributed by atoms with Crippen LogP contribution in [0.5, 0.6) is 0 Å². The molecule has 8 heteroatoms. The van der Waals surface area contributed by atoms with Gasteiger partial charge in [0, 0.05) is 12.3 Å². The number of nitrogens with zero attached hydrogens (tertiary/aromatic N) is 3. The molecule has 0 saturated heterocycles. The average molecular weight is 343 g/mol. The largest absolute Gasteiger partial charge is 0.276 e. The van der Waals surface area contributed by atoms with Crippen LogP contribution in [-0.2, 0) is 10.0 Å². The summed E-state index contributed by atoms with van der Waals surface area (Å²) in [5, 5.41) is 11.0. The molecule has 7 nitrogen and oxygen atoms in total. The van der Waals surface area contributed by atoms with Crippen molar-refractivity contribution in [1.82, 2.24) is 20.0 Å². The molecule has 24 heavy (non-hydrogen) atoms. The second-order valence-corrected chi connectivity index (χ2v) is 7.56. The minimum Gasteiger partial charge on any atom is -0.276 e. The standard InChI is InChI=1S/C16H17N5O2S/c22-24(23,14-10-17-21(11-14)13-7-4-8-13)20-16-9-15(18-19-16)12-5-2-1-3-6-12/h1-3,5-6,9-11,13H,4,7-8H2,(H2,18,19,20). The highest BCUT2D eigenvalue weighted by Crippen LogP contribution is 2.31. The summed E-state index contributed by atoms with van der Waals surface area (Å²) in [7, 11) is -3.69. The average Bonchev–Trinajstić information content (AvgIpc) is 3.16. The number of hydrogen-bond acceptors (Lipinski definition) is 4. The number of sulfonamides is 1. The fourth-order valence-electron chi connectivity index (χ4n) is 2.65. The van der Waals surface area contributed by atoms with E-state index in [-0.39, 0.29) is 10.7 Å². The quantitative estimate of drug-likeness (QED) is 0.745. The van der Waals surface area contributed by atoms with Crippen molar-refractivity contribution in [3.8, 4) is 11.3 Å². The SMILES string of the molecule is O=S(=O)(Nc1cc(-c2ccccc2)[nH]n1)c1cnn(C2CCC2)c1. The number of rotatable bonds is 5. The molecular formula is C16H17N5O2S. The summed E-state index contributed by atoms with van der Waals surface area (Å²) >= 11 is 0. The van der Waals surface area contributed by atoms with Gasteiger partial charge in [0.1, 0.15) is 4.90 Å². The van der Waals surface area contributed by atoms with Crippen LogP contribution in [0, 0.1) is 0 Å². The maximum absolute atomic E-state index is 12.5. The number of hydrogen-bond donors (Lipinski definition) is 2. The summed E-state index contributed by atoms with van der Waals surface area (Å²) in [6.45, 7) is 0. The second kappa shape index (κ2) is 5.79. The number of aromatic amines is 1. The molecule has 0 unspecified atom stereocenters. The van der Waals surface area contributed by atoms with Crippen LogP contribution < -0.4 is 4.72 Å². The van der Waals surface area contributed by atoms with Crippen molar-refractivity contribution in [3.63, 3.8) is 0 Å². The fraction of sp³-hybridized carbons (Fsp3) is 0.250. The smallest absolute Gasteiger partial charge is 0.266 e. The van der Waals surface area contributed by atoms with E-state index < -0.39 is 10.0 Å². The zero-order chi connectivity index (χ0) is 16.6. The molecule has 2 aromatic heterocycles. The number of benzene rings is 1. The van der Waals surface area contributed by atoms with E-state index in [1.807, 2.05) is 30.3 Å². The lowest BCUT2D eigenvalue weighted by molar-refractivity contribution is 0.289. The predicted molar refractivity (Wildman–Crippen MR) is 89.9 cm³/mol. The van der Waals surface area contributed by atoms with Crippen molar-refractivity contribution in [2.24, 2.45) is 0 Å². The van der Waals surface area contributed by atoms with Crippen LogP contribution in [0.1, 0.15) is 25.3 Å². The van der Waals surface area contributed by atoms with Crippen molar-refractivity contribution >= 4 is 15.8 Å². The fourth-order valence-corrected chi connectivity index (χ4v) is 3.58. The molecule has 2 heterocycles. The molecule has 1 fully saturated rings. The minimum atomic E-state index is -3.69. The van der Waals surface area contributed by atoms with Gasteiger partial charge in [-0.3, -0.25) is 14.5 Å². The Morgan fingerprint density at radius 2 is 2.00 bits per heavy atom. The van der Waals surface area contributed by atoms with Gasteiger partial charge in [0.2, 0.25) is 0 Å². The van der Waals surface area contributed by atoms with Gasteiger partial charge in [-0.1, -0.05) is 30.3 Å². The lowest BCUT2D eigenvalue weighted by atomic mass is 9.93. The van der Waals surface area contributed by atoms with E-state index in [0.717, 1.165) is 24.1 Å². The van der Waals surface area contributed by atoms with Crippen LogP contribution in [0.15, 0.2) is 53.7 Å². The summed E-state index contributed by atoms with van der Waals surface area (Å²) in [5.41, 5.74) is 1.69. The van der Waals surface area contributed by atoms with Gasteiger partial charge < -0.3 is 0 Å². The second-order valence-electron chi connectivity index (χ2n) is 5.88. The molecule has 0 radical (unpaired) electrons. The Hall–Kier alpha value is -2.61. The molecule has 0 bridgehead atoms. The number of H-pyrrole nitrogens is 1. The van der Waals surface area contributed by atoms with Crippen molar-refractivity contribution < 1.29 is 8.42 Å². The van der Waals surface area contributed by atoms with E-state index in [2.05, 4.69) is 20.0 Å². The van der Waals surface area contributed by atoms with Gasteiger partial charge >= 0.3 is 0 Å². The molecule has 124 valence electrons. The molecule has 0 spiro atoms. The van der Waals surface area contributed by atoms with Gasteiger partial charge in [-0.25, -0.2) is 8.42 Å². The summed E-state index contributed by atoms with van der Waals surface area (Å²) in [6.07, 6.45) is 6.23. The van der Waals surface area contributed by atoms with Gasteiger partial charge in [0.25, 0.3) is 10.0 Å². The number of aromatic nitrogens is 4. The molecule has 3 aromatic rings. The Bertz CT molecular complexity index is 942. The zero-order valence-corrected chi connectivity index (χ0v) is 13.7. The van der Waals surface area contributed by atoms with Crippen LogP contribution in [0.3, 0.4) is 0 Å². The predicted octanol–water partition coefficient (Wildman–Crippen LogP) is 2.80. The highest BCUT2D eigenvalue weighted by atomic mass is 32.2. The van der Waals surface area contributed by atoms with Gasteiger partial charge in [-0.15, -0.1) is 0 Å². The Morgan fingerprint density at radius 3 is 2.71 bits per heavy atom. The summed E-state index contributed by atoms with van der Waals surface area (Å²) < 4.78 is 29.2. The van der Waals surface area contributed by atoms with Crippen molar-refractivity contribution in [2.75, 3.05) is 4.72 Å². The first kappa shape index (κ1) is 14.9. The van der Waals surface area contributed by atoms with Crippen molar-refractivity contribution in [1.29, 1.82) is 0 Å². The molecule has 0 atom stereocenters. The minimum absolute atomic E-state index is 0.152. The molecular weight excluding hydrogens is 326 g/mol. The molecule has 4 rings (SSSR count). The number of anilines is 1. The lowest BCUT2D eigenvalue weighted by Gasteiger charge is -2.25. The topological polar surface area (TPSA) is 92.7 Å². The Labute approximate surface area is 139 Å². The molecule has 1 aliphatic rings. The third kappa shape index (κ3) is 2.80. The van der Waals surface area contributed by atoms with Gasteiger partial charge in [0.15, 0.2) is 5.82 Å². The first-order valence-electron chi connectivity index (χ1n) is 7.80. The number of nitrogens with one attached hydrogen (secondary N) is 2. The van der Waals surface area contributed by atoms with Crippen molar-refractivity contribution in [3.05, 3.63) is 48.8 Å². The maximum Gasteiger partial charge on any atom is 0.266 e. The van der Waals surface area contributed by atoms with Crippen LogP contribution in [0.25, 0.3) is 11.3 Å². The molecule has 2 N–H and O–H groups in total. The normalized spacial score (nSPS) is 15.2. The lowest BCUT2D eigenvalue weighted by Crippen LogP contribution is -2.17. The highest BCUT2D eigenvalue weighted by molar-refractivity contribution is 7.92. The molecule has 0 amide bonds. The van der Waals surface area contributed by atoms with E-state index >= 15 is 0 Å². The summed E-state index contributed by atoms with van der Waals surface area (Å²) in [4.78, 5) is 0.152. The third-order valence-electron chi connectivity index (χ3n) is 4.24. The van der Waals surface area contributed by atoms with E-state index in [0.29, 0.717) is 6.04 Å². The monoisotopic (exact) mass is 343 g/mol. The Balaban J connectivity index is 1.53. The van der Waals surface area contributed by atoms with E-state index in [9.17, 15) is 8.42 Å². The first-order chi connectivity index (χ1) is 11.6. The molecule has 1 aromatic carbocycles. The summed E-state index contributed by atoms with van der Waals surface area (Å²) in [6, 6.07) is 11.6. The van der Waals surface area contributed by atoms with Crippen LogP contribution in [0.2, 0.25) is 0 Å². The molecule has 1 saturated carbocycles. The van der Waals surface area contributed by atoms with Crippen LogP contribution in [0.4, 0.5) is 5.82 Å². The van der Waals surface area contributed by atoms with Crippen LogP contribution >= 0.6 is 0 Å².